The van der Waals surface area contributed by atoms with Gasteiger partial charge in [-0.15, -0.1) is 0 Å². The molecule has 0 saturated heterocycles. The van der Waals surface area contributed by atoms with E-state index >= 15 is 0 Å². The summed E-state index contributed by atoms with van der Waals surface area (Å²) in [5.74, 6) is 0. The number of aryl methyl sites for hydroxylation is 1. The first kappa shape index (κ1) is 16.5. The molecule has 2 amide bonds. The Morgan fingerprint density at radius 2 is 2.20 bits per heavy atom. The number of nitrogens with zero attached hydrogens (tertiary/aromatic N) is 2. The van der Waals surface area contributed by atoms with Crippen molar-refractivity contribution in [3.05, 3.63) is 18.7 Å². The smallest absolute Gasteiger partial charge is 0.314 e. The van der Waals surface area contributed by atoms with E-state index in [1.807, 2.05) is 24.6 Å². The summed E-state index contributed by atoms with van der Waals surface area (Å²) in [6, 6.07) is -0.158. The number of aliphatic hydroxyl groups is 1. The van der Waals surface area contributed by atoms with Gasteiger partial charge in [-0.1, -0.05) is 13.8 Å². The van der Waals surface area contributed by atoms with E-state index in [-0.39, 0.29) is 17.6 Å². The van der Waals surface area contributed by atoms with Gasteiger partial charge < -0.3 is 20.3 Å². The Bertz CT molecular complexity index is 388. The second-order valence-corrected chi connectivity index (χ2v) is 5.98. The maximum atomic E-state index is 11.6. The van der Waals surface area contributed by atoms with Crippen LogP contribution in [0.1, 0.15) is 33.6 Å². The van der Waals surface area contributed by atoms with Gasteiger partial charge in [0.25, 0.3) is 0 Å². The van der Waals surface area contributed by atoms with Gasteiger partial charge >= 0.3 is 6.03 Å². The lowest BCUT2D eigenvalue weighted by Gasteiger charge is -2.26. The molecule has 0 spiro atoms. The Hall–Kier alpha value is -1.56. The first-order chi connectivity index (χ1) is 9.39. The van der Waals surface area contributed by atoms with Crippen LogP contribution in [0.2, 0.25) is 0 Å². The van der Waals surface area contributed by atoms with Crippen LogP contribution >= 0.6 is 0 Å². The topological polar surface area (TPSA) is 79.2 Å². The summed E-state index contributed by atoms with van der Waals surface area (Å²) in [5, 5.41) is 15.0. The highest BCUT2D eigenvalue weighted by Crippen LogP contribution is 2.20. The van der Waals surface area contributed by atoms with Crippen molar-refractivity contribution in [1.82, 2.24) is 20.2 Å². The van der Waals surface area contributed by atoms with E-state index in [4.69, 9.17) is 0 Å². The molecule has 1 unspecified atom stereocenters. The van der Waals surface area contributed by atoms with E-state index in [0.717, 1.165) is 13.0 Å². The predicted molar refractivity (Wildman–Crippen MR) is 78.3 cm³/mol. The summed E-state index contributed by atoms with van der Waals surface area (Å²) in [6.45, 7) is 7.83. The lowest BCUT2D eigenvalue weighted by atomic mass is 9.87. The van der Waals surface area contributed by atoms with Gasteiger partial charge in [0.15, 0.2) is 0 Å². The number of amides is 2. The van der Waals surface area contributed by atoms with Gasteiger partial charge in [0.2, 0.25) is 0 Å². The molecule has 6 heteroatoms. The third-order valence-electron chi connectivity index (χ3n) is 3.01. The zero-order chi connectivity index (χ0) is 15.0. The van der Waals surface area contributed by atoms with E-state index in [0.29, 0.717) is 19.5 Å². The van der Waals surface area contributed by atoms with Crippen molar-refractivity contribution >= 4 is 6.03 Å². The third-order valence-corrected chi connectivity index (χ3v) is 3.01. The number of aliphatic hydroxyl groups excluding tert-OH is 1. The van der Waals surface area contributed by atoms with Crippen molar-refractivity contribution in [1.29, 1.82) is 0 Å². The molecule has 20 heavy (non-hydrogen) atoms. The zero-order valence-corrected chi connectivity index (χ0v) is 12.6. The average molecular weight is 282 g/mol. The Morgan fingerprint density at radius 3 is 2.80 bits per heavy atom. The number of hydrogen-bond donors (Lipinski definition) is 3. The molecule has 0 aliphatic rings. The molecular formula is C14H26N4O2. The lowest BCUT2D eigenvalue weighted by molar-refractivity contribution is 0.129. The standard InChI is InChI=1S/C14H26N4O2/c1-12(19)9-14(2,3)10-17-13(20)16-5-4-7-18-8-6-15-11-18/h6,8,11-12,19H,4-5,7,9-10H2,1-3H3,(H2,16,17,20). The molecule has 114 valence electrons. The molecule has 0 aliphatic carbocycles. The van der Waals surface area contributed by atoms with Gasteiger partial charge in [-0.25, -0.2) is 9.78 Å². The maximum absolute atomic E-state index is 11.6. The molecule has 0 saturated carbocycles. The number of rotatable bonds is 8. The number of carbonyl (C=O) groups excluding carboxylic acids is 1. The van der Waals surface area contributed by atoms with Gasteiger partial charge in [-0.3, -0.25) is 0 Å². The number of aromatic nitrogens is 2. The van der Waals surface area contributed by atoms with Crippen LogP contribution < -0.4 is 10.6 Å². The minimum atomic E-state index is -0.356. The molecule has 1 heterocycles. The Balaban J connectivity index is 2.11. The Morgan fingerprint density at radius 1 is 1.45 bits per heavy atom. The molecule has 0 aromatic carbocycles. The van der Waals surface area contributed by atoms with Crippen LogP contribution in [0.5, 0.6) is 0 Å². The zero-order valence-electron chi connectivity index (χ0n) is 12.6. The van der Waals surface area contributed by atoms with Crippen LogP contribution in [0.3, 0.4) is 0 Å². The van der Waals surface area contributed by atoms with Crippen LogP contribution in [0, 0.1) is 5.41 Å². The van der Waals surface area contributed by atoms with Crippen molar-refractivity contribution in [3.8, 4) is 0 Å². The van der Waals surface area contributed by atoms with E-state index in [1.165, 1.54) is 0 Å². The fourth-order valence-corrected chi connectivity index (χ4v) is 2.14. The van der Waals surface area contributed by atoms with Crippen molar-refractivity contribution in [3.63, 3.8) is 0 Å². The van der Waals surface area contributed by atoms with Gasteiger partial charge in [0.05, 0.1) is 12.4 Å². The van der Waals surface area contributed by atoms with E-state index in [9.17, 15) is 9.90 Å². The average Bonchev–Trinajstić information content (AvgIpc) is 2.84. The molecule has 1 aromatic heterocycles. The highest BCUT2D eigenvalue weighted by Gasteiger charge is 2.20. The fraction of sp³-hybridized carbons (Fsp3) is 0.714. The van der Waals surface area contributed by atoms with E-state index in [2.05, 4.69) is 15.6 Å². The molecule has 6 nitrogen and oxygen atoms in total. The summed E-state index contributed by atoms with van der Waals surface area (Å²) in [7, 11) is 0. The summed E-state index contributed by atoms with van der Waals surface area (Å²) >= 11 is 0. The van der Waals surface area contributed by atoms with E-state index in [1.54, 1.807) is 19.4 Å². The van der Waals surface area contributed by atoms with Crippen molar-refractivity contribution in [2.45, 2.75) is 46.3 Å². The van der Waals surface area contributed by atoms with Gasteiger partial charge in [-0.05, 0) is 25.2 Å². The normalized spacial score (nSPS) is 13.0. The highest BCUT2D eigenvalue weighted by atomic mass is 16.3. The maximum Gasteiger partial charge on any atom is 0.314 e. The SMILES string of the molecule is CC(O)CC(C)(C)CNC(=O)NCCCn1ccnc1. The summed E-state index contributed by atoms with van der Waals surface area (Å²) in [6.07, 6.45) is 6.57. The van der Waals surface area contributed by atoms with Gasteiger partial charge in [0.1, 0.15) is 0 Å². The monoisotopic (exact) mass is 282 g/mol. The van der Waals surface area contributed by atoms with Crippen LogP contribution in [0.25, 0.3) is 0 Å². The number of carbonyl (C=O) groups is 1. The molecule has 1 atom stereocenters. The fourth-order valence-electron chi connectivity index (χ4n) is 2.14. The molecule has 0 fully saturated rings. The van der Waals surface area contributed by atoms with Crippen molar-refractivity contribution in [2.24, 2.45) is 5.41 Å². The van der Waals surface area contributed by atoms with Crippen LogP contribution in [-0.4, -0.2) is 39.9 Å². The second-order valence-electron chi connectivity index (χ2n) is 5.98. The molecule has 0 aliphatic heterocycles. The first-order valence-corrected chi connectivity index (χ1v) is 7.04. The molecule has 0 radical (unpaired) electrons. The van der Waals surface area contributed by atoms with Crippen molar-refractivity contribution < 1.29 is 9.90 Å². The minimum absolute atomic E-state index is 0.109. The van der Waals surface area contributed by atoms with Crippen LogP contribution in [0.4, 0.5) is 4.79 Å². The molecule has 0 bridgehead atoms. The molecular weight excluding hydrogens is 256 g/mol. The van der Waals surface area contributed by atoms with E-state index < -0.39 is 0 Å². The number of imidazole rings is 1. The Kier molecular flexibility index (Phi) is 6.51. The third kappa shape index (κ3) is 7.13. The summed E-state index contributed by atoms with van der Waals surface area (Å²) in [5.41, 5.74) is -0.109. The number of nitrogens with one attached hydrogen (secondary N) is 2. The summed E-state index contributed by atoms with van der Waals surface area (Å²) in [4.78, 5) is 15.6. The van der Waals surface area contributed by atoms with Gasteiger partial charge in [0, 0.05) is 32.0 Å². The quantitative estimate of drug-likeness (QED) is 0.630. The lowest BCUT2D eigenvalue weighted by Crippen LogP contribution is -2.42. The van der Waals surface area contributed by atoms with Crippen molar-refractivity contribution in [2.75, 3.05) is 13.1 Å². The molecule has 1 rings (SSSR count). The number of hydrogen-bond acceptors (Lipinski definition) is 3. The minimum Gasteiger partial charge on any atom is -0.393 e. The summed E-state index contributed by atoms with van der Waals surface area (Å²) < 4.78 is 1.98. The van der Waals surface area contributed by atoms with Crippen LogP contribution in [0.15, 0.2) is 18.7 Å². The van der Waals surface area contributed by atoms with Crippen LogP contribution in [-0.2, 0) is 6.54 Å². The predicted octanol–water partition coefficient (Wildman–Crippen LogP) is 1.37. The highest BCUT2D eigenvalue weighted by molar-refractivity contribution is 5.73. The van der Waals surface area contributed by atoms with Gasteiger partial charge in [-0.2, -0.15) is 0 Å². The first-order valence-electron chi connectivity index (χ1n) is 7.04. The Labute approximate surface area is 120 Å². The molecule has 3 N–H and O–H groups in total. The largest absolute Gasteiger partial charge is 0.393 e. The second kappa shape index (κ2) is 7.89. The molecule has 1 aromatic rings. The number of urea groups is 1.